The molecule has 1 aromatic rings. The molecular weight excluding hydrogens is 364 g/mol. The van der Waals surface area contributed by atoms with Crippen LogP contribution < -0.4 is 5.32 Å². The molecule has 1 aliphatic heterocycles. The number of alkyl halides is 1. The summed E-state index contributed by atoms with van der Waals surface area (Å²) in [5, 5.41) is 12.3. The average Bonchev–Trinajstić information content (AvgIpc) is 2.57. The van der Waals surface area contributed by atoms with Crippen LogP contribution in [0.1, 0.15) is 18.5 Å². The Morgan fingerprint density at radius 1 is 1.39 bits per heavy atom. The van der Waals surface area contributed by atoms with Crippen LogP contribution >= 0.6 is 15.9 Å². The van der Waals surface area contributed by atoms with Crippen LogP contribution in [-0.2, 0) is 9.53 Å². The smallest absolute Gasteiger partial charge is 0.338 e. The second kappa shape index (κ2) is 8.12. The third kappa shape index (κ3) is 3.73. The van der Waals surface area contributed by atoms with Crippen molar-refractivity contribution in [2.75, 3.05) is 25.1 Å². The predicted molar refractivity (Wildman–Crippen MR) is 89.0 cm³/mol. The third-order valence-electron chi connectivity index (χ3n) is 3.52. The minimum atomic E-state index is -0.578. The maximum absolute atomic E-state index is 12.5. The number of aliphatic hydroxyl groups is 1. The molecule has 2 amide bonds. The first-order chi connectivity index (χ1) is 11.1. The summed E-state index contributed by atoms with van der Waals surface area (Å²) < 4.78 is 5.17. The lowest BCUT2D eigenvalue weighted by Crippen LogP contribution is -2.49. The number of nitrogens with one attached hydrogen (secondary N) is 1. The molecule has 6 nitrogen and oxygen atoms in total. The molecule has 23 heavy (non-hydrogen) atoms. The van der Waals surface area contributed by atoms with E-state index in [1.54, 1.807) is 6.92 Å². The maximum Gasteiger partial charge on any atom is 0.338 e. The number of carbonyl (C=O) groups excluding carboxylic acids is 2. The second-order valence-electron chi connectivity index (χ2n) is 4.88. The molecule has 7 heteroatoms. The normalized spacial score (nSPS) is 18.0. The molecule has 0 fully saturated rings. The first-order valence-corrected chi connectivity index (χ1v) is 8.46. The first kappa shape index (κ1) is 17.5. The topological polar surface area (TPSA) is 78.9 Å². The van der Waals surface area contributed by atoms with Crippen molar-refractivity contribution >= 4 is 27.9 Å². The summed E-state index contributed by atoms with van der Waals surface area (Å²) in [4.78, 5) is 26.2. The fourth-order valence-electron chi connectivity index (χ4n) is 2.53. The van der Waals surface area contributed by atoms with Crippen molar-refractivity contribution in [2.24, 2.45) is 0 Å². The number of allylic oxidation sites excluding steroid dienone is 1. The van der Waals surface area contributed by atoms with Gasteiger partial charge in [0.1, 0.15) is 0 Å². The molecule has 0 saturated carbocycles. The number of esters is 1. The molecule has 0 radical (unpaired) electrons. The Labute approximate surface area is 143 Å². The van der Waals surface area contributed by atoms with Crippen molar-refractivity contribution in [1.82, 2.24) is 10.2 Å². The van der Waals surface area contributed by atoms with E-state index < -0.39 is 12.0 Å². The van der Waals surface area contributed by atoms with E-state index in [0.717, 1.165) is 5.56 Å². The Hall–Kier alpha value is -1.86. The monoisotopic (exact) mass is 382 g/mol. The highest BCUT2D eigenvalue weighted by Gasteiger charge is 2.37. The molecule has 2 rings (SSSR count). The van der Waals surface area contributed by atoms with Gasteiger partial charge in [-0.3, -0.25) is 4.90 Å². The maximum atomic E-state index is 12.5. The van der Waals surface area contributed by atoms with Crippen molar-refractivity contribution in [3.8, 4) is 0 Å². The van der Waals surface area contributed by atoms with Crippen molar-refractivity contribution in [3.05, 3.63) is 47.2 Å². The number of carbonyl (C=O) groups is 2. The number of nitrogens with zero attached hydrogens (tertiary/aromatic N) is 1. The molecule has 1 aliphatic rings. The van der Waals surface area contributed by atoms with Gasteiger partial charge in [-0.05, 0) is 12.5 Å². The van der Waals surface area contributed by atoms with Crippen LogP contribution in [0, 0.1) is 0 Å². The molecule has 0 spiro atoms. The van der Waals surface area contributed by atoms with Gasteiger partial charge in [0.2, 0.25) is 0 Å². The zero-order chi connectivity index (χ0) is 16.8. The van der Waals surface area contributed by atoms with E-state index in [9.17, 15) is 14.7 Å². The minimum Gasteiger partial charge on any atom is -0.463 e. The molecule has 0 saturated heterocycles. The van der Waals surface area contributed by atoms with E-state index in [1.165, 1.54) is 4.90 Å². The summed E-state index contributed by atoms with van der Waals surface area (Å²) in [5.74, 6) is -0.473. The summed E-state index contributed by atoms with van der Waals surface area (Å²) in [5.41, 5.74) is 1.68. The summed E-state index contributed by atoms with van der Waals surface area (Å²) in [7, 11) is 0. The lowest BCUT2D eigenvalue weighted by molar-refractivity contribution is -0.139. The Morgan fingerprint density at radius 2 is 2.09 bits per heavy atom. The molecule has 0 bridgehead atoms. The zero-order valence-electron chi connectivity index (χ0n) is 12.8. The SMILES string of the molecule is CCOC(=O)C1=C(CBr)N(CCO)C(=O)N[C@H]1c1ccccc1. The summed E-state index contributed by atoms with van der Waals surface area (Å²) in [6.07, 6.45) is 0. The predicted octanol–water partition coefficient (Wildman–Crippen LogP) is 1.96. The molecule has 2 N–H and O–H groups in total. The molecule has 0 aliphatic carbocycles. The van der Waals surface area contributed by atoms with Crippen LogP contribution in [0.15, 0.2) is 41.6 Å². The zero-order valence-corrected chi connectivity index (χ0v) is 14.4. The number of benzene rings is 1. The second-order valence-corrected chi connectivity index (χ2v) is 5.44. The molecule has 1 aromatic carbocycles. The lowest BCUT2D eigenvalue weighted by Gasteiger charge is -2.35. The number of aliphatic hydroxyl groups excluding tert-OH is 1. The Balaban J connectivity index is 2.54. The molecule has 1 heterocycles. The quantitative estimate of drug-likeness (QED) is 0.582. The van der Waals surface area contributed by atoms with Crippen LogP contribution in [-0.4, -0.2) is 47.1 Å². The van der Waals surface area contributed by atoms with E-state index in [0.29, 0.717) is 16.6 Å². The molecule has 0 unspecified atom stereocenters. The first-order valence-electron chi connectivity index (χ1n) is 7.34. The van der Waals surface area contributed by atoms with Crippen molar-refractivity contribution in [1.29, 1.82) is 0 Å². The number of β-amino-alcohol motifs (C(OH)–C–C–N with tert-alkyl or cyclic N) is 1. The Morgan fingerprint density at radius 3 is 2.65 bits per heavy atom. The third-order valence-corrected chi connectivity index (χ3v) is 4.05. The number of ether oxygens (including phenoxy) is 1. The van der Waals surface area contributed by atoms with Crippen molar-refractivity contribution in [3.63, 3.8) is 0 Å². The number of rotatable bonds is 6. The average molecular weight is 383 g/mol. The number of urea groups is 1. The molecule has 1 atom stereocenters. The van der Waals surface area contributed by atoms with Gasteiger partial charge in [-0.15, -0.1) is 0 Å². The summed E-state index contributed by atoms with van der Waals surface area (Å²) in [6.45, 7) is 1.89. The van der Waals surface area contributed by atoms with E-state index >= 15 is 0 Å². The van der Waals surface area contributed by atoms with Crippen LogP contribution in [0.2, 0.25) is 0 Å². The standard InChI is InChI=1S/C16H19BrN2O4/c1-2-23-15(21)13-12(10-17)19(8-9-20)16(22)18-14(13)11-6-4-3-5-7-11/h3-7,14,20H,2,8-10H2,1H3,(H,18,22)/t14-/m0/s1. The number of amides is 2. The van der Waals surface area contributed by atoms with Crippen molar-refractivity contribution < 1.29 is 19.4 Å². The van der Waals surface area contributed by atoms with Crippen LogP contribution in [0.5, 0.6) is 0 Å². The van der Waals surface area contributed by atoms with Gasteiger partial charge >= 0.3 is 12.0 Å². The summed E-state index contributed by atoms with van der Waals surface area (Å²) in [6, 6.07) is 8.32. The van der Waals surface area contributed by atoms with Gasteiger partial charge < -0.3 is 15.2 Å². The van der Waals surface area contributed by atoms with Gasteiger partial charge in [0.05, 0.1) is 31.4 Å². The van der Waals surface area contributed by atoms with E-state index in [4.69, 9.17) is 4.74 Å². The fraction of sp³-hybridized carbons (Fsp3) is 0.375. The van der Waals surface area contributed by atoms with Crippen LogP contribution in [0.4, 0.5) is 4.79 Å². The molecule has 124 valence electrons. The van der Waals surface area contributed by atoms with Gasteiger partial charge in [-0.25, -0.2) is 9.59 Å². The van der Waals surface area contributed by atoms with Crippen molar-refractivity contribution in [2.45, 2.75) is 13.0 Å². The van der Waals surface area contributed by atoms with Gasteiger partial charge in [0, 0.05) is 11.0 Å². The van der Waals surface area contributed by atoms with E-state index in [-0.39, 0.29) is 25.8 Å². The van der Waals surface area contributed by atoms with Gasteiger partial charge in [-0.1, -0.05) is 46.3 Å². The highest BCUT2D eigenvalue weighted by Crippen LogP contribution is 2.32. The molecule has 0 aromatic heterocycles. The van der Waals surface area contributed by atoms with Crippen LogP contribution in [0.3, 0.4) is 0 Å². The van der Waals surface area contributed by atoms with Gasteiger partial charge in [-0.2, -0.15) is 0 Å². The van der Waals surface area contributed by atoms with Gasteiger partial charge in [0.25, 0.3) is 0 Å². The number of hydrogen-bond acceptors (Lipinski definition) is 4. The number of halogens is 1. The van der Waals surface area contributed by atoms with Crippen LogP contribution in [0.25, 0.3) is 0 Å². The minimum absolute atomic E-state index is 0.108. The molecular formula is C16H19BrN2O4. The Kier molecular flexibility index (Phi) is 6.18. The number of hydrogen-bond donors (Lipinski definition) is 2. The summed E-state index contributed by atoms with van der Waals surface area (Å²) >= 11 is 3.34. The fourth-order valence-corrected chi connectivity index (χ4v) is 3.13. The van der Waals surface area contributed by atoms with E-state index in [2.05, 4.69) is 21.2 Å². The van der Waals surface area contributed by atoms with E-state index in [1.807, 2.05) is 30.3 Å². The highest BCUT2D eigenvalue weighted by atomic mass is 79.9. The lowest BCUT2D eigenvalue weighted by atomic mass is 9.95. The highest BCUT2D eigenvalue weighted by molar-refractivity contribution is 9.09. The Bertz CT molecular complexity index is 603. The largest absolute Gasteiger partial charge is 0.463 e. The van der Waals surface area contributed by atoms with Gasteiger partial charge in [0.15, 0.2) is 0 Å².